The number of methoxy groups -OCH3 is 1. The van der Waals surface area contributed by atoms with Crippen LogP contribution in [0.25, 0.3) is 21.7 Å². The molecule has 3 aromatic carbocycles. The van der Waals surface area contributed by atoms with E-state index in [1.165, 1.54) is 10.9 Å². The molecule has 4 rings (SSSR count). The van der Waals surface area contributed by atoms with Crippen LogP contribution in [0.4, 0.5) is 0 Å². The average Bonchev–Trinajstić information content (AvgIpc) is 3.11. The van der Waals surface area contributed by atoms with Crippen molar-refractivity contribution >= 4 is 27.6 Å². The number of H-pyrrole nitrogens is 1. The van der Waals surface area contributed by atoms with E-state index in [0.29, 0.717) is 12.2 Å². The van der Waals surface area contributed by atoms with E-state index in [1.807, 2.05) is 42.5 Å². The third-order valence-electron chi connectivity index (χ3n) is 4.59. The molecule has 1 heterocycles. The van der Waals surface area contributed by atoms with Crippen molar-refractivity contribution in [2.24, 2.45) is 0 Å². The molecule has 0 saturated carbocycles. The minimum absolute atomic E-state index is 0.0799. The van der Waals surface area contributed by atoms with Gasteiger partial charge in [-0.25, -0.2) is 0 Å². The van der Waals surface area contributed by atoms with Gasteiger partial charge in [0.05, 0.1) is 7.11 Å². The molecule has 0 aliphatic carbocycles. The Morgan fingerprint density at radius 3 is 2.65 bits per heavy atom. The highest BCUT2D eigenvalue weighted by atomic mass is 16.5. The molecule has 0 fully saturated rings. The average molecular weight is 344 g/mol. The molecule has 130 valence electrons. The number of rotatable bonds is 5. The van der Waals surface area contributed by atoms with E-state index < -0.39 is 0 Å². The van der Waals surface area contributed by atoms with Gasteiger partial charge in [0.15, 0.2) is 0 Å². The molecule has 1 amide bonds. The Morgan fingerprint density at radius 1 is 0.962 bits per heavy atom. The number of amides is 1. The number of fused-ring (bicyclic) bond motifs is 2. The van der Waals surface area contributed by atoms with Crippen LogP contribution in [0.1, 0.15) is 16.1 Å². The molecule has 0 bridgehead atoms. The molecule has 4 aromatic rings. The fourth-order valence-electron chi connectivity index (χ4n) is 3.17. The van der Waals surface area contributed by atoms with Gasteiger partial charge in [-0.1, -0.05) is 42.5 Å². The molecule has 0 unspecified atom stereocenters. The largest absolute Gasteiger partial charge is 0.497 e. The van der Waals surface area contributed by atoms with Gasteiger partial charge in [-0.05, 0) is 47.0 Å². The molecule has 0 aliphatic heterocycles. The van der Waals surface area contributed by atoms with Crippen LogP contribution < -0.4 is 10.1 Å². The molecule has 26 heavy (non-hydrogen) atoms. The lowest BCUT2D eigenvalue weighted by Crippen LogP contribution is -2.25. The van der Waals surface area contributed by atoms with E-state index in [1.54, 1.807) is 7.11 Å². The van der Waals surface area contributed by atoms with E-state index in [9.17, 15) is 4.79 Å². The summed E-state index contributed by atoms with van der Waals surface area (Å²) in [5.41, 5.74) is 2.75. The number of aromatic amines is 1. The summed E-state index contributed by atoms with van der Waals surface area (Å²) in [4.78, 5) is 15.5. The summed E-state index contributed by atoms with van der Waals surface area (Å²) in [5.74, 6) is 0.769. The molecule has 1 aromatic heterocycles. The minimum atomic E-state index is -0.0799. The number of carbonyl (C=O) groups is 1. The Balaban J connectivity index is 1.42. The van der Waals surface area contributed by atoms with Crippen LogP contribution in [0.2, 0.25) is 0 Å². The first-order valence-corrected chi connectivity index (χ1v) is 8.65. The summed E-state index contributed by atoms with van der Waals surface area (Å²) in [6.07, 6.45) is 0.777. The maximum atomic E-state index is 12.3. The van der Waals surface area contributed by atoms with E-state index in [4.69, 9.17) is 4.74 Å². The predicted octanol–water partition coefficient (Wildman–Crippen LogP) is 4.30. The first-order chi connectivity index (χ1) is 12.7. The summed E-state index contributed by atoms with van der Waals surface area (Å²) in [6.45, 7) is 0.587. The molecule has 0 aliphatic rings. The van der Waals surface area contributed by atoms with Gasteiger partial charge in [0.25, 0.3) is 5.91 Å². The van der Waals surface area contributed by atoms with E-state index in [0.717, 1.165) is 28.5 Å². The quantitative estimate of drug-likeness (QED) is 0.567. The Bertz CT molecular complexity index is 1050. The molecular weight excluding hydrogens is 324 g/mol. The number of aromatic nitrogens is 1. The number of benzene rings is 3. The number of carbonyl (C=O) groups excluding carboxylic acids is 1. The van der Waals surface area contributed by atoms with Crippen molar-refractivity contribution in [1.82, 2.24) is 10.3 Å². The second-order valence-corrected chi connectivity index (χ2v) is 6.32. The predicted molar refractivity (Wildman–Crippen MR) is 105 cm³/mol. The van der Waals surface area contributed by atoms with Crippen molar-refractivity contribution in [2.75, 3.05) is 13.7 Å². The van der Waals surface area contributed by atoms with Crippen LogP contribution in [0.15, 0.2) is 66.7 Å². The van der Waals surface area contributed by atoms with Gasteiger partial charge in [0.2, 0.25) is 0 Å². The minimum Gasteiger partial charge on any atom is -0.497 e. The van der Waals surface area contributed by atoms with Gasteiger partial charge in [-0.2, -0.15) is 0 Å². The van der Waals surface area contributed by atoms with Gasteiger partial charge in [0.1, 0.15) is 11.4 Å². The molecule has 4 heteroatoms. The zero-order valence-electron chi connectivity index (χ0n) is 14.6. The molecule has 0 spiro atoms. The van der Waals surface area contributed by atoms with E-state index in [-0.39, 0.29) is 5.91 Å². The highest BCUT2D eigenvalue weighted by Crippen LogP contribution is 2.22. The lowest BCUT2D eigenvalue weighted by molar-refractivity contribution is 0.0950. The zero-order chi connectivity index (χ0) is 17.9. The van der Waals surface area contributed by atoms with Gasteiger partial charge >= 0.3 is 0 Å². The number of para-hydroxylation sites is 1. The Hall–Kier alpha value is -3.27. The Morgan fingerprint density at radius 2 is 1.81 bits per heavy atom. The number of ether oxygens (including phenoxy) is 1. The Kier molecular flexibility index (Phi) is 4.32. The van der Waals surface area contributed by atoms with Crippen LogP contribution in [0.3, 0.4) is 0 Å². The smallest absolute Gasteiger partial charge is 0.267 e. The summed E-state index contributed by atoms with van der Waals surface area (Å²) in [5, 5.41) is 6.35. The van der Waals surface area contributed by atoms with Crippen LogP contribution in [0.5, 0.6) is 5.75 Å². The van der Waals surface area contributed by atoms with Crippen LogP contribution in [-0.2, 0) is 6.42 Å². The normalized spacial score (nSPS) is 11.0. The topological polar surface area (TPSA) is 54.1 Å². The maximum absolute atomic E-state index is 12.3. The van der Waals surface area contributed by atoms with Crippen molar-refractivity contribution < 1.29 is 9.53 Å². The van der Waals surface area contributed by atoms with Crippen molar-refractivity contribution in [1.29, 1.82) is 0 Å². The van der Waals surface area contributed by atoms with Crippen molar-refractivity contribution in [3.05, 3.63) is 78.0 Å². The standard InChI is InChI=1S/C22H20N2O2/c1-26-19-9-8-16-7-6-15(12-18(16)13-19)10-11-23-22(25)21-14-17-4-2-3-5-20(17)24-21/h2-9,12-14,24H,10-11H2,1H3,(H,23,25). The zero-order valence-corrected chi connectivity index (χ0v) is 14.6. The second-order valence-electron chi connectivity index (χ2n) is 6.32. The van der Waals surface area contributed by atoms with Crippen LogP contribution in [-0.4, -0.2) is 24.5 Å². The third-order valence-corrected chi connectivity index (χ3v) is 4.59. The highest BCUT2D eigenvalue weighted by molar-refractivity contribution is 5.98. The van der Waals surface area contributed by atoms with E-state index in [2.05, 4.69) is 34.6 Å². The molecule has 2 N–H and O–H groups in total. The lowest BCUT2D eigenvalue weighted by atomic mass is 10.0. The van der Waals surface area contributed by atoms with Crippen LogP contribution >= 0.6 is 0 Å². The van der Waals surface area contributed by atoms with Crippen LogP contribution in [0, 0.1) is 0 Å². The monoisotopic (exact) mass is 344 g/mol. The summed E-state index contributed by atoms with van der Waals surface area (Å²) in [6, 6.07) is 22.1. The number of hydrogen-bond acceptors (Lipinski definition) is 2. The molecular formula is C22H20N2O2. The first-order valence-electron chi connectivity index (χ1n) is 8.65. The van der Waals surface area contributed by atoms with E-state index >= 15 is 0 Å². The van der Waals surface area contributed by atoms with Crippen molar-refractivity contribution in [2.45, 2.75) is 6.42 Å². The summed E-state index contributed by atoms with van der Waals surface area (Å²) in [7, 11) is 1.67. The lowest BCUT2D eigenvalue weighted by Gasteiger charge is -2.07. The summed E-state index contributed by atoms with van der Waals surface area (Å²) >= 11 is 0. The molecule has 0 atom stereocenters. The fraction of sp³-hybridized carbons (Fsp3) is 0.136. The van der Waals surface area contributed by atoms with Gasteiger partial charge in [0, 0.05) is 17.4 Å². The first kappa shape index (κ1) is 16.2. The maximum Gasteiger partial charge on any atom is 0.267 e. The third kappa shape index (κ3) is 3.26. The molecule has 4 nitrogen and oxygen atoms in total. The fourth-order valence-corrected chi connectivity index (χ4v) is 3.17. The number of nitrogens with one attached hydrogen (secondary N) is 2. The highest BCUT2D eigenvalue weighted by Gasteiger charge is 2.08. The molecule has 0 radical (unpaired) electrons. The Labute approximate surface area is 151 Å². The molecule has 0 saturated heterocycles. The number of hydrogen-bond donors (Lipinski definition) is 2. The van der Waals surface area contributed by atoms with Gasteiger partial charge in [-0.3, -0.25) is 4.79 Å². The second kappa shape index (κ2) is 6.92. The summed E-state index contributed by atoms with van der Waals surface area (Å²) < 4.78 is 5.29. The van der Waals surface area contributed by atoms with Crippen molar-refractivity contribution in [3.63, 3.8) is 0 Å². The SMILES string of the molecule is COc1ccc2ccc(CCNC(=O)c3cc4ccccc4[nH]3)cc2c1. The van der Waals surface area contributed by atoms with Gasteiger partial charge < -0.3 is 15.0 Å². The van der Waals surface area contributed by atoms with Crippen molar-refractivity contribution in [3.8, 4) is 5.75 Å². The van der Waals surface area contributed by atoms with Gasteiger partial charge in [-0.15, -0.1) is 0 Å².